The van der Waals surface area contributed by atoms with Gasteiger partial charge in [0.15, 0.2) is 0 Å². The number of amides is 2. The van der Waals surface area contributed by atoms with E-state index in [2.05, 4.69) is 20.8 Å². The number of halogens is 1. The number of aromatic nitrogens is 2. The Morgan fingerprint density at radius 1 is 0.966 bits per heavy atom. The van der Waals surface area contributed by atoms with E-state index < -0.39 is 0 Å². The average Bonchev–Trinajstić information content (AvgIpc) is 3.33. The van der Waals surface area contributed by atoms with Gasteiger partial charge in [-0.15, -0.1) is 21.5 Å². The molecule has 0 atom stereocenters. The van der Waals surface area contributed by atoms with Crippen molar-refractivity contribution >= 4 is 67.0 Å². The van der Waals surface area contributed by atoms with Gasteiger partial charge in [0.05, 0.1) is 16.3 Å². The maximum Gasteiger partial charge on any atom is 0.267 e. The van der Waals surface area contributed by atoms with E-state index in [1.54, 1.807) is 24.3 Å². The van der Waals surface area contributed by atoms with Crippen LogP contribution in [-0.4, -0.2) is 22.0 Å². The molecule has 0 aliphatic rings. The van der Waals surface area contributed by atoms with Crippen LogP contribution >= 0.6 is 34.3 Å². The van der Waals surface area contributed by atoms with Crippen molar-refractivity contribution in [1.82, 2.24) is 10.2 Å². The van der Waals surface area contributed by atoms with Gasteiger partial charge in [-0.05, 0) is 24.6 Å². The zero-order valence-electron chi connectivity index (χ0n) is 15.2. The van der Waals surface area contributed by atoms with Gasteiger partial charge in [0.2, 0.25) is 5.13 Å². The predicted octanol–water partition coefficient (Wildman–Crippen LogP) is 5.47. The van der Waals surface area contributed by atoms with Gasteiger partial charge in [0.1, 0.15) is 9.88 Å². The largest absolute Gasteiger partial charge is 0.320 e. The molecule has 0 fully saturated rings. The second-order valence-electron chi connectivity index (χ2n) is 6.05. The van der Waals surface area contributed by atoms with E-state index in [0.29, 0.717) is 26.3 Å². The number of anilines is 2. The van der Waals surface area contributed by atoms with Crippen molar-refractivity contribution < 1.29 is 9.59 Å². The van der Waals surface area contributed by atoms with E-state index >= 15 is 0 Å². The molecule has 2 heterocycles. The third-order valence-corrected chi connectivity index (χ3v) is 6.81. The molecule has 2 aromatic heterocycles. The van der Waals surface area contributed by atoms with Gasteiger partial charge in [0, 0.05) is 10.1 Å². The van der Waals surface area contributed by atoms with Crippen molar-refractivity contribution in [3.05, 3.63) is 69.0 Å². The van der Waals surface area contributed by atoms with E-state index in [-0.39, 0.29) is 11.8 Å². The molecule has 0 saturated carbocycles. The molecular weight excluding hydrogens is 428 g/mol. The molecule has 0 aliphatic heterocycles. The van der Waals surface area contributed by atoms with Crippen molar-refractivity contribution in [2.45, 2.75) is 13.3 Å². The van der Waals surface area contributed by atoms with Crippen molar-refractivity contribution in [1.29, 1.82) is 0 Å². The first-order valence-electron chi connectivity index (χ1n) is 8.78. The summed E-state index contributed by atoms with van der Waals surface area (Å²) in [5.41, 5.74) is 0.718. The molecule has 0 unspecified atom stereocenters. The zero-order valence-corrected chi connectivity index (χ0v) is 17.6. The van der Waals surface area contributed by atoms with Crippen LogP contribution in [0.3, 0.4) is 0 Å². The van der Waals surface area contributed by atoms with E-state index in [9.17, 15) is 9.59 Å². The first kappa shape index (κ1) is 19.5. The number of carbonyl (C=O) groups excluding carboxylic acids is 2. The summed E-state index contributed by atoms with van der Waals surface area (Å²) >= 11 is 9.03. The van der Waals surface area contributed by atoms with Gasteiger partial charge in [-0.3, -0.25) is 14.9 Å². The molecule has 0 radical (unpaired) electrons. The number of nitrogens with one attached hydrogen (secondary N) is 2. The maximum atomic E-state index is 12.8. The second kappa shape index (κ2) is 8.28. The number of fused-ring (bicyclic) bond motifs is 1. The Morgan fingerprint density at radius 2 is 1.72 bits per heavy atom. The molecule has 0 spiro atoms. The summed E-state index contributed by atoms with van der Waals surface area (Å²) in [6, 6.07) is 14.3. The number of rotatable bonds is 5. The topological polar surface area (TPSA) is 84.0 Å². The Balaban J connectivity index is 1.58. The molecule has 0 bridgehead atoms. The minimum absolute atomic E-state index is 0.325. The Hall–Kier alpha value is -2.81. The molecule has 9 heteroatoms. The summed E-state index contributed by atoms with van der Waals surface area (Å²) in [5.74, 6) is -0.734. The summed E-state index contributed by atoms with van der Waals surface area (Å²) in [4.78, 5) is 26.0. The standard InChI is InChI=1S/C20H15ClN4O2S2/c1-2-15-24-25-20(29-15)23-18(26)11-7-3-5-9-13(11)22-19(27)17-16(21)12-8-4-6-10-14(12)28-17/h3-10H,2H2,1H3,(H,22,27)(H,23,25,26). The molecule has 2 aromatic carbocycles. The van der Waals surface area contributed by atoms with E-state index in [0.717, 1.165) is 21.5 Å². The number of nitrogens with zero attached hydrogens (tertiary/aromatic N) is 2. The van der Waals surface area contributed by atoms with Crippen molar-refractivity contribution in [2.24, 2.45) is 0 Å². The van der Waals surface area contributed by atoms with E-state index in [4.69, 9.17) is 11.6 Å². The number of para-hydroxylation sites is 1. The Kier molecular flexibility index (Phi) is 5.57. The Labute approximate surface area is 179 Å². The molecule has 146 valence electrons. The number of thiophene rings is 1. The van der Waals surface area contributed by atoms with Crippen molar-refractivity contribution in [3.8, 4) is 0 Å². The van der Waals surface area contributed by atoms with Crippen LogP contribution in [0.25, 0.3) is 10.1 Å². The number of benzene rings is 2. The number of carbonyl (C=O) groups is 2. The number of hydrogen-bond acceptors (Lipinski definition) is 6. The number of hydrogen-bond donors (Lipinski definition) is 2. The van der Waals surface area contributed by atoms with Gasteiger partial charge >= 0.3 is 0 Å². The third kappa shape index (κ3) is 4.00. The monoisotopic (exact) mass is 442 g/mol. The van der Waals surface area contributed by atoms with E-state index in [1.807, 2.05) is 31.2 Å². The van der Waals surface area contributed by atoms with Gasteiger partial charge < -0.3 is 5.32 Å². The second-order valence-corrected chi connectivity index (χ2v) is 8.54. The van der Waals surface area contributed by atoms with Gasteiger partial charge in [0.25, 0.3) is 11.8 Å². The SMILES string of the molecule is CCc1nnc(NC(=O)c2ccccc2NC(=O)c2sc3ccccc3c2Cl)s1. The lowest BCUT2D eigenvalue weighted by atomic mass is 10.1. The molecule has 6 nitrogen and oxygen atoms in total. The first-order valence-corrected chi connectivity index (χ1v) is 10.8. The van der Waals surface area contributed by atoms with Crippen LogP contribution in [-0.2, 0) is 6.42 Å². The fraction of sp³-hybridized carbons (Fsp3) is 0.100. The van der Waals surface area contributed by atoms with Crippen LogP contribution in [0.1, 0.15) is 32.0 Å². The van der Waals surface area contributed by atoms with Gasteiger partial charge in [-0.25, -0.2) is 0 Å². The third-order valence-electron chi connectivity index (χ3n) is 4.15. The maximum absolute atomic E-state index is 12.8. The summed E-state index contributed by atoms with van der Waals surface area (Å²) in [6.45, 7) is 1.97. The first-order chi connectivity index (χ1) is 14.1. The van der Waals surface area contributed by atoms with Crippen LogP contribution in [0.4, 0.5) is 10.8 Å². The smallest absolute Gasteiger partial charge is 0.267 e. The molecule has 2 N–H and O–H groups in total. The lowest BCUT2D eigenvalue weighted by Gasteiger charge is -2.10. The highest BCUT2D eigenvalue weighted by Crippen LogP contribution is 2.35. The summed E-state index contributed by atoms with van der Waals surface area (Å²) in [7, 11) is 0. The minimum atomic E-state index is -0.373. The van der Waals surface area contributed by atoms with Gasteiger partial charge in [-0.1, -0.05) is 60.2 Å². The molecular formula is C20H15ClN4O2S2. The fourth-order valence-electron chi connectivity index (χ4n) is 2.74. The molecule has 29 heavy (non-hydrogen) atoms. The highest BCUT2D eigenvalue weighted by Gasteiger charge is 2.20. The van der Waals surface area contributed by atoms with Crippen molar-refractivity contribution in [3.63, 3.8) is 0 Å². The molecule has 4 aromatic rings. The summed E-state index contributed by atoms with van der Waals surface area (Å²) in [6.07, 6.45) is 0.746. The lowest BCUT2D eigenvalue weighted by Crippen LogP contribution is -2.17. The minimum Gasteiger partial charge on any atom is -0.320 e. The molecule has 0 saturated heterocycles. The van der Waals surface area contributed by atoms with Crippen LogP contribution < -0.4 is 10.6 Å². The molecule has 0 aliphatic carbocycles. The zero-order chi connectivity index (χ0) is 20.4. The van der Waals surface area contributed by atoms with E-state index in [1.165, 1.54) is 22.7 Å². The van der Waals surface area contributed by atoms with Crippen LogP contribution in [0, 0.1) is 0 Å². The van der Waals surface area contributed by atoms with Crippen LogP contribution in [0.15, 0.2) is 48.5 Å². The quantitative estimate of drug-likeness (QED) is 0.429. The summed E-state index contributed by atoms with van der Waals surface area (Å²) < 4.78 is 0.927. The Morgan fingerprint density at radius 3 is 2.48 bits per heavy atom. The van der Waals surface area contributed by atoms with Crippen LogP contribution in [0.2, 0.25) is 5.02 Å². The Bertz CT molecular complexity index is 1220. The average molecular weight is 443 g/mol. The normalized spacial score (nSPS) is 10.8. The molecule has 2 amide bonds. The molecule has 4 rings (SSSR count). The lowest BCUT2D eigenvalue weighted by molar-refractivity contribution is 0.102. The predicted molar refractivity (Wildman–Crippen MR) is 118 cm³/mol. The summed E-state index contributed by atoms with van der Waals surface area (Å²) in [5, 5.41) is 16.0. The highest BCUT2D eigenvalue weighted by atomic mass is 35.5. The van der Waals surface area contributed by atoms with Gasteiger partial charge in [-0.2, -0.15) is 0 Å². The van der Waals surface area contributed by atoms with Crippen molar-refractivity contribution in [2.75, 3.05) is 10.6 Å². The highest BCUT2D eigenvalue weighted by molar-refractivity contribution is 7.21. The van der Waals surface area contributed by atoms with Crippen LogP contribution in [0.5, 0.6) is 0 Å². The number of aryl methyl sites for hydroxylation is 1. The fourth-order valence-corrected chi connectivity index (χ4v) is 4.83.